The van der Waals surface area contributed by atoms with Gasteiger partial charge in [-0.1, -0.05) is 34.4 Å². The summed E-state index contributed by atoms with van der Waals surface area (Å²) in [4.78, 5) is 3.96. The maximum atomic E-state index is 5.93. The normalized spacial score (nSPS) is 11.1. The van der Waals surface area contributed by atoms with E-state index in [0.717, 1.165) is 5.56 Å². The van der Waals surface area contributed by atoms with Gasteiger partial charge >= 0.3 is 0 Å². The van der Waals surface area contributed by atoms with Gasteiger partial charge in [0.25, 0.3) is 5.95 Å². The first-order chi connectivity index (χ1) is 7.25. The molecule has 1 aromatic heterocycles. The lowest BCUT2D eigenvalue weighted by Crippen LogP contribution is -1.82. The highest BCUT2D eigenvalue weighted by atomic mass is 35.5. The summed E-state index contributed by atoms with van der Waals surface area (Å²) in [6.45, 7) is 0. The number of hydrogen-bond acceptors (Lipinski definition) is 4. The summed E-state index contributed by atoms with van der Waals surface area (Å²) >= 11 is 11.7. The number of nitrogens with one attached hydrogen (secondary N) is 1. The molecule has 0 amide bonds. The Hall–Kier alpha value is -1.46. The molecular formula is C8H5Cl2N5. The molecule has 0 saturated heterocycles. The average molecular weight is 242 g/mol. The van der Waals surface area contributed by atoms with Gasteiger partial charge in [0.2, 0.25) is 0 Å². The van der Waals surface area contributed by atoms with Crippen LogP contribution in [0.25, 0.3) is 0 Å². The van der Waals surface area contributed by atoms with E-state index < -0.39 is 0 Å². The molecule has 0 aliphatic rings. The summed E-state index contributed by atoms with van der Waals surface area (Å²) in [6.07, 6.45) is 1.55. The minimum absolute atomic E-state index is 0.251. The summed E-state index contributed by atoms with van der Waals surface area (Å²) in [5, 5.41) is 14.1. The zero-order valence-electron chi connectivity index (χ0n) is 7.35. The van der Waals surface area contributed by atoms with Crippen molar-refractivity contribution in [3.63, 3.8) is 0 Å². The van der Waals surface area contributed by atoms with Gasteiger partial charge in [-0.25, -0.2) is 4.99 Å². The van der Waals surface area contributed by atoms with E-state index in [-0.39, 0.29) is 5.95 Å². The molecule has 1 aromatic carbocycles. The number of halogens is 2. The molecule has 2 rings (SSSR count). The number of H-pyrrole nitrogens is 1. The molecule has 2 aromatic rings. The van der Waals surface area contributed by atoms with Gasteiger partial charge in [0.1, 0.15) is 0 Å². The minimum atomic E-state index is 0.251. The number of aromatic nitrogens is 4. The van der Waals surface area contributed by atoms with E-state index in [1.54, 1.807) is 24.4 Å². The van der Waals surface area contributed by atoms with Crippen molar-refractivity contribution in [2.24, 2.45) is 4.99 Å². The standard InChI is InChI=1S/C8H5Cl2N5/c9-6-2-1-5(7(10)3-6)4-11-8-12-14-15-13-8/h1-4H,(H,12,13,14,15)/b11-4-. The number of benzene rings is 1. The van der Waals surface area contributed by atoms with E-state index in [0.29, 0.717) is 10.0 Å². The quantitative estimate of drug-likeness (QED) is 0.821. The second kappa shape index (κ2) is 4.37. The Morgan fingerprint density at radius 2 is 2.20 bits per heavy atom. The summed E-state index contributed by atoms with van der Waals surface area (Å²) in [5.74, 6) is 0.251. The Morgan fingerprint density at radius 3 is 2.87 bits per heavy atom. The molecule has 0 spiro atoms. The molecule has 0 aliphatic heterocycles. The molecule has 0 radical (unpaired) electrons. The Kier molecular flexibility index (Phi) is 2.94. The van der Waals surface area contributed by atoms with E-state index in [4.69, 9.17) is 23.2 Å². The largest absolute Gasteiger partial charge is 0.288 e. The van der Waals surface area contributed by atoms with Crippen LogP contribution in [0.3, 0.4) is 0 Å². The van der Waals surface area contributed by atoms with Crippen LogP contribution in [-0.4, -0.2) is 26.8 Å². The first-order valence-electron chi connectivity index (χ1n) is 3.98. The lowest BCUT2D eigenvalue weighted by Gasteiger charge is -1.96. The first kappa shape index (κ1) is 10.1. The zero-order valence-corrected chi connectivity index (χ0v) is 8.87. The minimum Gasteiger partial charge on any atom is -0.216 e. The molecule has 1 heterocycles. The highest BCUT2D eigenvalue weighted by Crippen LogP contribution is 2.19. The van der Waals surface area contributed by atoms with Gasteiger partial charge in [0, 0.05) is 16.8 Å². The topological polar surface area (TPSA) is 66.8 Å². The Bertz CT molecular complexity index is 480. The summed E-state index contributed by atoms with van der Waals surface area (Å²) in [5.41, 5.74) is 0.742. The van der Waals surface area contributed by atoms with Gasteiger partial charge in [-0.2, -0.15) is 5.21 Å². The molecule has 0 unspecified atom stereocenters. The van der Waals surface area contributed by atoms with Crippen LogP contribution in [0.4, 0.5) is 5.95 Å². The fourth-order valence-corrected chi connectivity index (χ4v) is 1.40. The summed E-state index contributed by atoms with van der Waals surface area (Å²) < 4.78 is 0. The first-order valence-corrected chi connectivity index (χ1v) is 4.74. The van der Waals surface area contributed by atoms with Crippen LogP contribution in [0.15, 0.2) is 23.2 Å². The predicted octanol–water partition coefficient (Wildman–Crippen LogP) is 2.26. The van der Waals surface area contributed by atoms with Crippen molar-refractivity contribution in [2.45, 2.75) is 0 Å². The van der Waals surface area contributed by atoms with Crippen molar-refractivity contribution in [1.29, 1.82) is 0 Å². The molecule has 1 N–H and O–H groups in total. The van der Waals surface area contributed by atoms with Crippen LogP contribution < -0.4 is 0 Å². The van der Waals surface area contributed by atoms with E-state index in [1.165, 1.54) is 0 Å². The smallest absolute Gasteiger partial charge is 0.216 e. The second-order valence-corrected chi connectivity index (χ2v) is 3.48. The van der Waals surface area contributed by atoms with Crippen LogP contribution in [-0.2, 0) is 0 Å². The summed E-state index contributed by atoms with van der Waals surface area (Å²) in [7, 11) is 0. The highest BCUT2D eigenvalue weighted by Gasteiger charge is 1.98. The number of aliphatic imine (C=N–C) groups is 1. The Balaban J connectivity index is 2.24. The molecule has 15 heavy (non-hydrogen) atoms. The monoisotopic (exact) mass is 241 g/mol. The maximum absolute atomic E-state index is 5.93. The Labute approximate surface area is 95.1 Å². The third kappa shape index (κ3) is 2.51. The molecule has 7 heteroatoms. The molecule has 0 aliphatic carbocycles. The van der Waals surface area contributed by atoms with Crippen LogP contribution in [0.1, 0.15) is 5.56 Å². The van der Waals surface area contributed by atoms with E-state index in [9.17, 15) is 0 Å². The van der Waals surface area contributed by atoms with Crippen LogP contribution in [0.5, 0.6) is 0 Å². The van der Waals surface area contributed by atoms with E-state index in [2.05, 4.69) is 25.6 Å². The van der Waals surface area contributed by atoms with Crippen molar-refractivity contribution in [2.75, 3.05) is 0 Å². The molecule has 0 atom stereocenters. The molecule has 5 nitrogen and oxygen atoms in total. The highest BCUT2D eigenvalue weighted by molar-refractivity contribution is 6.36. The zero-order chi connectivity index (χ0) is 10.7. The summed E-state index contributed by atoms with van der Waals surface area (Å²) in [6, 6.07) is 5.12. The molecule has 0 bridgehead atoms. The van der Waals surface area contributed by atoms with Crippen molar-refractivity contribution < 1.29 is 0 Å². The average Bonchev–Trinajstić information content (AvgIpc) is 2.69. The lowest BCUT2D eigenvalue weighted by molar-refractivity contribution is 0.881. The fraction of sp³-hybridized carbons (Fsp3) is 0. The third-order valence-corrected chi connectivity index (χ3v) is 2.18. The van der Waals surface area contributed by atoms with Crippen molar-refractivity contribution >= 4 is 35.4 Å². The maximum Gasteiger partial charge on any atom is 0.288 e. The number of aromatic amines is 1. The van der Waals surface area contributed by atoms with Gasteiger partial charge in [0.15, 0.2) is 0 Å². The van der Waals surface area contributed by atoms with Crippen molar-refractivity contribution in [3.8, 4) is 0 Å². The lowest BCUT2D eigenvalue weighted by atomic mass is 10.2. The van der Waals surface area contributed by atoms with Crippen LogP contribution in [0, 0.1) is 0 Å². The number of tetrazole rings is 1. The number of hydrogen-bond donors (Lipinski definition) is 1. The van der Waals surface area contributed by atoms with Crippen molar-refractivity contribution in [1.82, 2.24) is 20.6 Å². The van der Waals surface area contributed by atoms with Crippen molar-refractivity contribution in [3.05, 3.63) is 33.8 Å². The van der Waals surface area contributed by atoms with Gasteiger partial charge in [-0.15, -0.1) is 5.10 Å². The number of nitrogens with zero attached hydrogens (tertiary/aromatic N) is 4. The van der Waals surface area contributed by atoms with Crippen LogP contribution >= 0.6 is 23.2 Å². The fourth-order valence-electron chi connectivity index (χ4n) is 0.945. The van der Waals surface area contributed by atoms with E-state index >= 15 is 0 Å². The molecule has 0 fully saturated rings. The third-order valence-electron chi connectivity index (χ3n) is 1.62. The Morgan fingerprint density at radius 1 is 1.33 bits per heavy atom. The van der Waals surface area contributed by atoms with Gasteiger partial charge in [-0.05, 0) is 17.3 Å². The molecule has 0 saturated carbocycles. The second-order valence-electron chi connectivity index (χ2n) is 2.64. The SMILES string of the molecule is Clc1ccc(/C=N\c2nn[nH]n2)c(Cl)c1. The van der Waals surface area contributed by atoms with Gasteiger partial charge in [-0.3, -0.25) is 0 Å². The van der Waals surface area contributed by atoms with Gasteiger partial charge < -0.3 is 0 Å². The molecule has 76 valence electrons. The van der Waals surface area contributed by atoms with Gasteiger partial charge in [0.05, 0.1) is 5.02 Å². The predicted molar refractivity (Wildman–Crippen MR) is 57.9 cm³/mol. The van der Waals surface area contributed by atoms with E-state index in [1.807, 2.05) is 0 Å². The number of rotatable bonds is 2. The molecular weight excluding hydrogens is 237 g/mol. The van der Waals surface area contributed by atoms with Crippen LogP contribution in [0.2, 0.25) is 10.0 Å².